The summed E-state index contributed by atoms with van der Waals surface area (Å²) in [6.07, 6.45) is 0. The van der Waals surface area contributed by atoms with Crippen LogP contribution in [0.3, 0.4) is 0 Å². The Hall–Kier alpha value is -1.24. The quantitative estimate of drug-likeness (QED) is 0.711. The van der Waals surface area contributed by atoms with Crippen LogP contribution in [0, 0.1) is 0 Å². The molecule has 0 radical (unpaired) electrons. The summed E-state index contributed by atoms with van der Waals surface area (Å²) in [7, 11) is 0. The van der Waals surface area contributed by atoms with Gasteiger partial charge in [0, 0.05) is 12.6 Å². The highest BCUT2D eigenvalue weighted by atomic mass is 32.1. The summed E-state index contributed by atoms with van der Waals surface area (Å²) in [5.74, 6) is -0.519. The van der Waals surface area contributed by atoms with Gasteiger partial charge < -0.3 is 5.73 Å². The topological polar surface area (TPSA) is 75.4 Å². The average Bonchev–Trinajstić information content (AvgIpc) is 2.70. The van der Waals surface area contributed by atoms with Gasteiger partial charge in [0.25, 0.3) is 0 Å². The smallest absolute Gasteiger partial charge is 0.240 e. The molecule has 6 heteroatoms. The Labute approximate surface area is 97.2 Å². The first kappa shape index (κ1) is 11.3. The minimum Gasteiger partial charge on any atom is -0.329 e. The highest BCUT2D eigenvalue weighted by molar-refractivity contribution is 7.07. The van der Waals surface area contributed by atoms with Gasteiger partial charge >= 0.3 is 0 Å². The molecule has 5 nitrogen and oxygen atoms in total. The van der Waals surface area contributed by atoms with Crippen molar-refractivity contribution in [1.29, 1.82) is 0 Å². The number of hydrogen-bond acceptors (Lipinski definition) is 5. The van der Waals surface area contributed by atoms with Crippen molar-refractivity contribution in [2.75, 3.05) is 19.6 Å². The number of hydrogen-bond donors (Lipinski definition) is 2. The number of nitrogens with two attached hydrogens (primary N) is 1. The van der Waals surface area contributed by atoms with Gasteiger partial charge in [0.05, 0.1) is 13.1 Å². The molecule has 0 bridgehead atoms. The van der Waals surface area contributed by atoms with Crippen LogP contribution in [0.25, 0.3) is 0 Å². The summed E-state index contributed by atoms with van der Waals surface area (Å²) in [5.41, 5.74) is 6.77. The molecule has 1 aromatic rings. The summed E-state index contributed by atoms with van der Waals surface area (Å²) < 4.78 is 0. The van der Waals surface area contributed by atoms with E-state index in [1.54, 1.807) is 11.3 Å². The van der Waals surface area contributed by atoms with E-state index in [1.165, 1.54) is 0 Å². The van der Waals surface area contributed by atoms with E-state index in [9.17, 15) is 9.59 Å². The molecule has 0 aliphatic carbocycles. The number of thiophene rings is 1. The van der Waals surface area contributed by atoms with Crippen LogP contribution in [0.2, 0.25) is 0 Å². The molecule has 1 fully saturated rings. The van der Waals surface area contributed by atoms with Crippen molar-refractivity contribution < 1.29 is 9.59 Å². The Kier molecular flexibility index (Phi) is 3.33. The van der Waals surface area contributed by atoms with Crippen molar-refractivity contribution in [3.8, 4) is 0 Å². The van der Waals surface area contributed by atoms with Crippen molar-refractivity contribution >= 4 is 23.2 Å². The van der Waals surface area contributed by atoms with Gasteiger partial charge in [0.15, 0.2) is 0 Å². The third-order valence-electron chi connectivity index (χ3n) is 2.56. The number of nitrogens with one attached hydrogen (secondary N) is 1. The number of amides is 2. The van der Waals surface area contributed by atoms with Crippen LogP contribution < -0.4 is 11.1 Å². The van der Waals surface area contributed by atoms with Crippen LogP contribution in [-0.4, -0.2) is 36.3 Å². The third-order valence-corrected chi connectivity index (χ3v) is 3.27. The highest BCUT2D eigenvalue weighted by Crippen LogP contribution is 2.22. The molecule has 16 heavy (non-hydrogen) atoms. The molecule has 1 aromatic heterocycles. The first-order chi connectivity index (χ1) is 7.70. The van der Waals surface area contributed by atoms with Crippen LogP contribution in [0.5, 0.6) is 0 Å². The predicted molar refractivity (Wildman–Crippen MR) is 60.8 cm³/mol. The van der Waals surface area contributed by atoms with Crippen LogP contribution in [-0.2, 0) is 9.59 Å². The van der Waals surface area contributed by atoms with E-state index in [0.29, 0.717) is 6.54 Å². The minimum atomic E-state index is -0.259. The number of piperazine rings is 1. The second kappa shape index (κ2) is 4.73. The zero-order chi connectivity index (χ0) is 11.5. The second-order valence-corrected chi connectivity index (χ2v) is 4.46. The van der Waals surface area contributed by atoms with Crippen LogP contribution in [0.4, 0.5) is 0 Å². The molecule has 0 saturated carbocycles. The predicted octanol–water partition coefficient (Wildman–Crippen LogP) is -0.294. The molecule has 1 atom stereocenters. The number of carbonyl (C=O) groups is 2. The lowest BCUT2D eigenvalue weighted by Gasteiger charge is -2.32. The molecule has 1 aliphatic heterocycles. The lowest BCUT2D eigenvalue weighted by atomic mass is 10.1. The third kappa shape index (κ3) is 2.29. The normalized spacial score (nSPS) is 19.6. The van der Waals surface area contributed by atoms with E-state index >= 15 is 0 Å². The van der Waals surface area contributed by atoms with Crippen LogP contribution in [0.15, 0.2) is 16.8 Å². The van der Waals surface area contributed by atoms with Gasteiger partial charge in [-0.25, -0.2) is 0 Å². The summed E-state index contributed by atoms with van der Waals surface area (Å²) in [6.45, 7) is 0.851. The van der Waals surface area contributed by atoms with E-state index in [2.05, 4.69) is 5.32 Å². The Morgan fingerprint density at radius 1 is 1.44 bits per heavy atom. The Balaban J connectivity index is 2.15. The zero-order valence-electron chi connectivity index (χ0n) is 8.68. The molecule has 1 aliphatic rings. The molecule has 86 valence electrons. The summed E-state index contributed by atoms with van der Waals surface area (Å²) in [5, 5.41) is 6.23. The van der Waals surface area contributed by atoms with Gasteiger partial charge in [-0.15, -0.1) is 0 Å². The number of nitrogens with zero attached hydrogens (tertiary/aromatic N) is 1. The Morgan fingerprint density at radius 2 is 2.12 bits per heavy atom. The maximum Gasteiger partial charge on any atom is 0.240 e. The zero-order valence-corrected chi connectivity index (χ0v) is 9.50. The molecule has 1 unspecified atom stereocenters. The SMILES string of the molecule is NCC(c1ccsc1)N1CC(=O)NC(=O)C1. The van der Waals surface area contributed by atoms with Gasteiger partial charge in [0.1, 0.15) is 0 Å². The van der Waals surface area contributed by atoms with Crippen LogP contribution >= 0.6 is 11.3 Å². The van der Waals surface area contributed by atoms with Gasteiger partial charge in [0.2, 0.25) is 11.8 Å². The Morgan fingerprint density at radius 3 is 2.62 bits per heavy atom. The summed E-state index contributed by atoms with van der Waals surface area (Å²) in [4.78, 5) is 24.3. The molecule has 0 spiro atoms. The Bertz CT molecular complexity index is 375. The van der Waals surface area contributed by atoms with Crippen molar-refractivity contribution in [3.05, 3.63) is 22.4 Å². The average molecular weight is 239 g/mol. The van der Waals surface area contributed by atoms with Gasteiger partial charge in [-0.05, 0) is 22.4 Å². The van der Waals surface area contributed by atoms with Crippen molar-refractivity contribution in [2.45, 2.75) is 6.04 Å². The standard InChI is InChI=1S/C10H13N3O2S/c11-3-8(7-1-2-16-6-7)13-4-9(14)12-10(15)5-13/h1-2,6,8H,3-5,11H2,(H,12,14,15). The molecule has 2 amide bonds. The molecular weight excluding hydrogens is 226 g/mol. The van der Waals surface area contributed by atoms with Crippen molar-refractivity contribution in [1.82, 2.24) is 10.2 Å². The largest absolute Gasteiger partial charge is 0.329 e. The highest BCUT2D eigenvalue weighted by Gasteiger charge is 2.28. The fraction of sp³-hybridized carbons (Fsp3) is 0.400. The lowest BCUT2D eigenvalue weighted by molar-refractivity contribution is -0.137. The monoisotopic (exact) mass is 239 g/mol. The lowest BCUT2D eigenvalue weighted by Crippen LogP contribution is -2.53. The number of imide groups is 1. The summed E-state index contributed by atoms with van der Waals surface area (Å²) >= 11 is 1.58. The van der Waals surface area contributed by atoms with Crippen LogP contribution in [0.1, 0.15) is 11.6 Å². The molecule has 2 rings (SSSR count). The molecule has 2 heterocycles. The first-order valence-corrected chi connectivity index (χ1v) is 5.94. The van der Waals surface area contributed by atoms with Gasteiger partial charge in [-0.1, -0.05) is 0 Å². The van der Waals surface area contributed by atoms with Crippen molar-refractivity contribution in [2.24, 2.45) is 5.73 Å². The molecule has 1 saturated heterocycles. The minimum absolute atomic E-state index is 0.0544. The number of carbonyl (C=O) groups excluding carboxylic acids is 2. The molecular formula is C10H13N3O2S. The summed E-state index contributed by atoms with van der Waals surface area (Å²) in [6, 6.07) is 1.92. The van der Waals surface area contributed by atoms with E-state index in [1.807, 2.05) is 21.7 Å². The molecule has 0 aromatic carbocycles. The van der Waals surface area contributed by atoms with E-state index < -0.39 is 0 Å². The van der Waals surface area contributed by atoms with E-state index in [0.717, 1.165) is 5.56 Å². The van der Waals surface area contributed by atoms with Gasteiger partial charge in [-0.2, -0.15) is 11.3 Å². The maximum absolute atomic E-state index is 11.3. The van der Waals surface area contributed by atoms with Gasteiger partial charge in [-0.3, -0.25) is 19.8 Å². The first-order valence-electron chi connectivity index (χ1n) is 4.99. The number of rotatable bonds is 3. The second-order valence-electron chi connectivity index (χ2n) is 3.68. The van der Waals surface area contributed by atoms with E-state index in [-0.39, 0.29) is 30.9 Å². The maximum atomic E-state index is 11.3. The van der Waals surface area contributed by atoms with Crippen molar-refractivity contribution in [3.63, 3.8) is 0 Å². The van der Waals surface area contributed by atoms with E-state index in [4.69, 9.17) is 5.73 Å². The fourth-order valence-corrected chi connectivity index (χ4v) is 2.55. The molecule has 3 N–H and O–H groups in total. The fourth-order valence-electron chi connectivity index (χ4n) is 1.84.